The molecule has 0 aliphatic carbocycles. The van der Waals surface area contributed by atoms with Crippen molar-refractivity contribution in [3.05, 3.63) is 30.0 Å². The van der Waals surface area contributed by atoms with Crippen LogP contribution in [0.4, 0.5) is 0 Å². The number of nitrogens with one attached hydrogen (secondary N) is 1. The fourth-order valence-corrected chi connectivity index (χ4v) is 2.35. The van der Waals surface area contributed by atoms with Gasteiger partial charge in [-0.3, -0.25) is 4.79 Å². The topological polar surface area (TPSA) is 51.5 Å². The number of ether oxygens (including phenoxy) is 1. The molecule has 4 heteroatoms. The molecule has 1 atom stereocenters. The summed E-state index contributed by atoms with van der Waals surface area (Å²) in [5.41, 5.74) is 0.724. The van der Waals surface area contributed by atoms with E-state index in [1.165, 1.54) is 0 Å². The smallest absolute Gasteiger partial charge is 0.220 e. The van der Waals surface area contributed by atoms with E-state index in [0.717, 1.165) is 36.0 Å². The number of hydrogen-bond acceptors (Lipinski definition) is 3. The Kier molecular flexibility index (Phi) is 5.26. The van der Waals surface area contributed by atoms with Crippen molar-refractivity contribution in [3.8, 4) is 5.75 Å². The van der Waals surface area contributed by atoms with Gasteiger partial charge in [-0.15, -0.1) is 0 Å². The largest absolute Gasteiger partial charge is 0.493 e. The monoisotopic (exact) mass is 289 g/mol. The summed E-state index contributed by atoms with van der Waals surface area (Å²) in [4.78, 5) is 11.9. The van der Waals surface area contributed by atoms with Gasteiger partial charge in [0.05, 0.1) is 13.2 Å². The second-order valence-corrected chi connectivity index (χ2v) is 5.27. The van der Waals surface area contributed by atoms with E-state index in [-0.39, 0.29) is 11.9 Å². The standard InChI is InChI=1S/C17H23NO3/c1-4-5-6-10-16(19)18-12(2)15-11-13-8-7-9-14(20-3)17(13)21-15/h7-9,11-12H,4-6,10H2,1-3H3,(H,18,19)/t12-/m0/s1. The minimum Gasteiger partial charge on any atom is -0.493 e. The van der Waals surface area contributed by atoms with E-state index in [9.17, 15) is 4.79 Å². The molecule has 1 aromatic heterocycles. The molecule has 0 aliphatic rings. The third kappa shape index (κ3) is 3.78. The lowest BCUT2D eigenvalue weighted by atomic mass is 10.1. The summed E-state index contributed by atoms with van der Waals surface area (Å²) >= 11 is 0. The summed E-state index contributed by atoms with van der Waals surface area (Å²) in [6, 6.07) is 7.57. The van der Waals surface area contributed by atoms with Crippen molar-refractivity contribution in [3.63, 3.8) is 0 Å². The normalized spacial score (nSPS) is 12.3. The van der Waals surface area contributed by atoms with Gasteiger partial charge < -0.3 is 14.5 Å². The molecule has 0 saturated carbocycles. The number of furan rings is 1. The molecule has 2 aromatic rings. The van der Waals surface area contributed by atoms with Gasteiger partial charge in [0, 0.05) is 11.8 Å². The number of unbranched alkanes of at least 4 members (excludes halogenated alkanes) is 2. The van der Waals surface area contributed by atoms with Crippen molar-refractivity contribution in [2.75, 3.05) is 7.11 Å². The Morgan fingerprint density at radius 3 is 2.90 bits per heavy atom. The van der Waals surface area contributed by atoms with E-state index in [0.29, 0.717) is 12.2 Å². The number of rotatable bonds is 7. The van der Waals surface area contributed by atoms with E-state index in [2.05, 4.69) is 12.2 Å². The number of para-hydroxylation sites is 1. The number of hydrogen-bond donors (Lipinski definition) is 1. The summed E-state index contributed by atoms with van der Waals surface area (Å²) in [6.45, 7) is 4.06. The number of fused-ring (bicyclic) bond motifs is 1. The molecule has 1 amide bonds. The van der Waals surface area contributed by atoms with Crippen molar-refractivity contribution >= 4 is 16.9 Å². The SMILES string of the molecule is CCCCCC(=O)N[C@@H](C)c1cc2cccc(OC)c2o1. The summed E-state index contributed by atoms with van der Waals surface area (Å²) in [5, 5.41) is 3.96. The van der Waals surface area contributed by atoms with Crippen molar-refractivity contribution < 1.29 is 13.9 Å². The fourth-order valence-electron chi connectivity index (χ4n) is 2.35. The Bertz CT molecular complexity index is 603. The molecule has 0 aliphatic heterocycles. The first-order valence-corrected chi connectivity index (χ1v) is 7.51. The molecule has 1 N–H and O–H groups in total. The van der Waals surface area contributed by atoms with Gasteiger partial charge in [-0.2, -0.15) is 0 Å². The van der Waals surface area contributed by atoms with E-state index in [1.54, 1.807) is 7.11 Å². The Balaban J connectivity index is 2.05. The molecule has 1 aromatic carbocycles. The van der Waals surface area contributed by atoms with Crippen LogP contribution < -0.4 is 10.1 Å². The van der Waals surface area contributed by atoms with Gasteiger partial charge in [0.2, 0.25) is 5.91 Å². The highest BCUT2D eigenvalue weighted by Gasteiger charge is 2.15. The number of carbonyl (C=O) groups excluding carboxylic acids is 1. The quantitative estimate of drug-likeness (QED) is 0.777. The van der Waals surface area contributed by atoms with Gasteiger partial charge in [-0.05, 0) is 25.5 Å². The van der Waals surface area contributed by atoms with Gasteiger partial charge in [0.1, 0.15) is 5.76 Å². The lowest BCUT2D eigenvalue weighted by Gasteiger charge is -2.11. The number of benzene rings is 1. The van der Waals surface area contributed by atoms with Gasteiger partial charge in [0.15, 0.2) is 11.3 Å². The van der Waals surface area contributed by atoms with Crippen LogP contribution in [0.2, 0.25) is 0 Å². The van der Waals surface area contributed by atoms with Crippen LogP contribution in [0.3, 0.4) is 0 Å². The van der Waals surface area contributed by atoms with E-state index in [4.69, 9.17) is 9.15 Å². The maximum Gasteiger partial charge on any atom is 0.220 e. The first-order chi connectivity index (χ1) is 10.2. The number of carbonyl (C=O) groups is 1. The Morgan fingerprint density at radius 2 is 2.19 bits per heavy atom. The molecule has 21 heavy (non-hydrogen) atoms. The van der Waals surface area contributed by atoms with Crippen LogP contribution in [0.5, 0.6) is 5.75 Å². The average Bonchev–Trinajstić information content (AvgIpc) is 2.91. The lowest BCUT2D eigenvalue weighted by Crippen LogP contribution is -2.25. The van der Waals surface area contributed by atoms with Crippen LogP contribution in [0.1, 0.15) is 51.3 Å². The van der Waals surface area contributed by atoms with E-state index < -0.39 is 0 Å². The minimum atomic E-state index is -0.142. The van der Waals surface area contributed by atoms with Crippen molar-refractivity contribution in [1.29, 1.82) is 0 Å². The molecule has 0 saturated heterocycles. The summed E-state index contributed by atoms with van der Waals surface area (Å²) in [5.74, 6) is 1.53. The van der Waals surface area contributed by atoms with Gasteiger partial charge >= 0.3 is 0 Å². The van der Waals surface area contributed by atoms with E-state index in [1.807, 2.05) is 31.2 Å². The van der Waals surface area contributed by atoms with Gasteiger partial charge in [0.25, 0.3) is 0 Å². The van der Waals surface area contributed by atoms with Crippen LogP contribution in [0, 0.1) is 0 Å². The fraction of sp³-hybridized carbons (Fsp3) is 0.471. The maximum absolute atomic E-state index is 11.9. The van der Waals surface area contributed by atoms with Crippen molar-refractivity contribution in [2.24, 2.45) is 0 Å². The molecule has 0 radical (unpaired) electrons. The van der Waals surface area contributed by atoms with Crippen LogP contribution in [0.25, 0.3) is 11.0 Å². The highest BCUT2D eigenvalue weighted by molar-refractivity contribution is 5.84. The third-order valence-electron chi connectivity index (χ3n) is 3.56. The number of methoxy groups -OCH3 is 1. The van der Waals surface area contributed by atoms with Gasteiger partial charge in [-0.1, -0.05) is 31.9 Å². The predicted octanol–water partition coefficient (Wildman–Crippen LogP) is 4.20. The molecule has 1 heterocycles. The predicted molar refractivity (Wildman–Crippen MR) is 83.5 cm³/mol. The lowest BCUT2D eigenvalue weighted by molar-refractivity contribution is -0.121. The van der Waals surface area contributed by atoms with Crippen molar-refractivity contribution in [1.82, 2.24) is 5.32 Å². The number of amides is 1. The molecule has 0 spiro atoms. The Hall–Kier alpha value is -1.97. The summed E-state index contributed by atoms with van der Waals surface area (Å²) in [6.07, 6.45) is 3.71. The Labute approximate surface area is 125 Å². The molecule has 2 rings (SSSR count). The van der Waals surface area contributed by atoms with Crippen LogP contribution >= 0.6 is 0 Å². The molecular weight excluding hydrogens is 266 g/mol. The molecule has 0 bridgehead atoms. The molecule has 0 unspecified atom stereocenters. The second-order valence-electron chi connectivity index (χ2n) is 5.27. The Morgan fingerprint density at radius 1 is 1.38 bits per heavy atom. The molecular formula is C17H23NO3. The molecule has 4 nitrogen and oxygen atoms in total. The minimum absolute atomic E-state index is 0.0726. The second kappa shape index (κ2) is 7.16. The third-order valence-corrected chi connectivity index (χ3v) is 3.56. The van der Waals surface area contributed by atoms with Crippen LogP contribution in [-0.2, 0) is 4.79 Å². The van der Waals surface area contributed by atoms with E-state index >= 15 is 0 Å². The van der Waals surface area contributed by atoms with Crippen LogP contribution in [-0.4, -0.2) is 13.0 Å². The highest BCUT2D eigenvalue weighted by Crippen LogP contribution is 2.30. The highest BCUT2D eigenvalue weighted by atomic mass is 16.5. The van der Waals surface area contributed by atoms with Crippen LogP contribution in [0.15, 0.2) is 28.7 Å². The van der Waals surface area contributed by atoms with Crippen molar-refractivity contribution in [2.45, 2.75) is 45.6 Å². The zero-order chi connectivity index (χ0) is 15.2. The zero-order valence-corrected chi connectivity index (χ0v) is 12.9. The zero-order valence-electron chi connectivity index (χ0n) is 12.9. The average molecular weight is 289 g/mol. The summed E-state index contributed by atoms with van der Waals surface area (Å²) < 4.78 is 11.1. The van der Waals surface area contributed by atoms with Gasteiger partial charge in [-0.25, -0.2) is 0 Å². The maximum atomic E-state index is 11.9. The molecule has 0 fully saturated rings. The first-order valence-electron chi connectivity index (χ1n) is 7.51. The summed E-state index contributed by atoms with van der Waals surface area (Å²) in [7, 11) is 1.62. The first kappa shape index (κ1) is 15.4. The molecule has 114 valence electrons.